The van der Waals surface area contributed by atoms with Gasteiger partial charge in [-0.25, -0.2) is 0 Å². The van der Waals surface area contributed by atoms with E-state index in [1.807, 2.05) is 0 Å². The van der Waals surface area contributed by atoms with Crippen LogP contribution in [0.1, 0.15) is 119 Å². The molecule has 0 N–H and O–H groups in total. The van der Waals surface area contributed by atoms with Crippen LogP contribution in [0.25, 0.3) is 0 Å². The summed E-state index contributed by atoms with van der Waals surface area (Å²) in [6.45, 7) is 6.86. The van der Waals surface area contributed by atoms with Crippen LogP contribution in [-0.2, 0) is 6.42 Å². The summed E-state index contributed by atoms with van der Waals surface area (Å²) in [6, 6.07) is 18.4. The molecule has 0 heteroatoms. The Kier molecular flexibility index (Phi) is 9.74. The molecule has 3 rings (SSSR count). The summed E-state index contributed by atoms with van der Waals surface area (Å²) in [5.41, 5.74) is 5.79. The first kappa shape index (κ1) is 23.7. The molecule has 1 unspecified atom stereocenters. The van der Waals surface area contributed by atoms with Crippen LogP contribution in [0.15, 0.2) is 48.5 Å². The van der Waals surface area contributed by atoms with E-state index in [4.69, 9.17) is 0 Å². The highest BCUT2D eigenvalue weighted by molar-refractivity contribution is 5.43. The normalized spacial score (nSPS) is 19.5. The highest BCUT2D eigenvalue weighted by Crippen LogP contribution is 2.36. The number of unbranched alkanes of at least 4 members (excludes halogenated alkanes) is 1. The largest absolute Gasteiger partial charge is 0.0945 e. The third kappa shape index (κ3) is 7.00. The summed E-state index contributed by atoms with van der Waals surface area (Å²) >= 11 is 0. The molecule has 0 amide bonds. The third-order valence-corrected chi connectivity index (χ3v) is 7.07. The predicted molar refractivity (Wildman–Crippen MR) is 136 cm³/mol. The topological polar surface area (TPSA) is 0 Å². The SMILES string of the molecule is CCCCC(CCC)c1ccccc1C#CC1CCC(c2ccc(CCC)cc2)CC1. The lowest BCUT2D eigenvalue weighted by molar-refractivity contribution is 0.384. The maximum atomic E-state index is 3.68. The zero-order chi connectivity index (χ0) is 21.9. The summed E-state index contributed by atoms with van der Waals surface area (Å²) in [5.74, 6) is 9.26. The monoisotopic (exact) mass is 414 g/mol. The number of aryl methyl sites for hydroxylation is 1. The molecule has 0 aromatic heterocycles. The number of hydrogen-bond acceptors (Lipinski definition) is 0. The van der Waals surface area contributed by atoms with Crippen molar-refractivity contribution < 1.29 is 0 Å². The second-order valence-electron chi connectivity index (χ2n) is 9.52. The van der Waals surface area contributed by atoms with Crippen molar-refractivity contribution >= 4 is 0 Å². The van der Waals surface area contributed by atoms with Gasteiger partial charge in [0.15, 0.2) is 0 Å². The van der Waals surface area contributed by atoms with Gasteiger partial charge in [0.05, 0.1) is 0 Å². The number of hydrogen-bond donors (Lipinski definition) is 0. The zero-order valence-electron chi connectivity index (χ0n) is 20.1. The zero-order valence-corrected chi connectivity index (χ0v) is 20.1. The lowest BCUT2D eigenvalue weighted by Gasteiger charge is -2.26. The van der Waals surface area contributed by atoms with Crippen molar-refractivity contribution in [1.82, 2.24) is 0 Å². The van der Waals surface area contributed by atoms with Gasteiger partial charge in [0.1, 0.15) is 0 Å². The Morgan fingerprint density at radius 2 is 1.55 bits per heavy atom. The van der Waals surface area contributed by atoms with Crippen molar-refractivity contribution in [1.29, 1.82) is 0 Å². The molecule has 1 fully saturated rings. The smallest absolute Gasteiger partial charge is 0.0280 e. The number of benzene rings is 2. The minimum absolute atomic E-state index is 0.559. The summed E-state index contributed by atoms with van der Waals surface area (Å²) in [5, 5.41) is 0. The Bertz CT molecular complexity index is 824. The molecule has 1 aliphatic rings. The summed E-state index contributed by atoms with van der Waals surface area (Å²) in [6.07, 6.45) is 13.9. The van der Waals surface area contributed by atoms with Crippen molar-refractivity contribution in [2.45, 2.75) is 103 Å². The van der Waals surface area contributed by atoms with Gasteiger partial charge in [-0.1, -0.05) is 101 Å². The van der Waals surface area contributed by atoms with Crippen LogP contribution >= 0.6 is 0 Å². The Morgan fingerprint density at radius 1 is 0.806 bits per heavy atom. The lowest BCUT2D eigenvalue weighted by Crippen LogP contribution is -2.12. The molecule has 0 bridgehead atoms. The molecule has 0 radical (unpaired) electrons. The van der Waals surface area contributed by atoms with E-state index < -0.39 is 0 Å². The average Bonchev–Trinajstić information content (AvgIpc) is 2.82. The van der Waals surface area contributed by atoms with E-state index in [1.165, 1.54) is 92.9 Å². The Balaban J connectivity index is 1.62. The van der Waals surface area contributed by atoms with E-state index >= 15 is 0 Å². The van der Waals surface area contributed by atoms with Crippen molar-refractivity contribution in [3.63, 3.8) is 0 Å². The van der Waals surface area contributed by atoms with Gasteiger partial charge in [0.2, 0.25) is 0 Å². The molecule has 1 saturated carbocycles. The molecular formula is C31H42. The van der Waals surface area contributed by atoms with E-state index in [0.29, 0.717) is 11.8 Å². The summed E-state index contributed by atoms with van der Waals surface area (Å²) in [7, 11) is 0. The fourth-order valence-electron chi connectivity index (χ4n) is 5.22. The van der Waals surface area contributed by atoms with Crippen LogP contribution in [0, 0.1) is 17.8 Å². The molecule has 31 heavy (non-hydrogen) atoms. The molecule has 0 saturated heterocycles. The Labute approximate surface area is 191 Å². The fourth-order valence-corrected chi connectivity index (χ4v) is 5.22. The van der Waals surface area contributed by atoms with Gasteiger partial charge in [0.25, 0.3) is 0 Å². The minimum atomic E-state index is 0.559. The van der Waals surface area contributed by atoms with Crippen LogP contribution in [-0.4, -0.2) is 0 Å². The highest BCUT2D eigenvalue weighted by Gasteiger charge is 2.21. The van der Waals surface area contributed by atoms with Gasteiger partial charge < -0.3 is 0 Å². The first-order chi connectivity index (χ1) is 15.2. The Hall–Kier alpha value is -2.00. The third-order valence-electron chi connectivity index (χ3n) is 7.07. The maximum Gasteiger partial charge on any atom is 0.0280 e. The molecule has 0 heterocycles. The van der Waals surface area contributed by atoms with E-state index in [9.17, 15) is 0 Å². The fraction of sp³-hybridized carbons (Fsp3) is 0.548. The van der Waals surface area contributed by atoms with Crippen LogP contribution in [0.3, 0.4) is 0 Å². The van der Waals surface area contributed by atoms with Gasteiger partial charge in [-0.05, 0) is 79.5 Å². The van der Waals surface area contributed by atoms with Crippen molar-refractivity contribution in [2.24, 2.45) is 5.92 Å². The number of rotatable bonds is 9. The van der Waals surface area contributed by atoms with Crippen molar-refractivity contribution in [2.75, 3.05) is 0 Å². The van der Waals surface area contributed by atoms with E-state index in [2.05, 4.69) is 81.1 Å². The van der Waals surface area contributed by atoms with Crippen LogP contribution in [0.2, 0.25) is 0 Å². The second-order valence-corrected chi connectivity index (χ2v) is 9.52. The van der Waals surface area contributed by atoms with E-state index in [-0.39, 0.29) is 0 Å². The van der Waals surface area contributed by atoms with E-state index in [0.717, 1.165) is 5.92 Å². The van der Waals surface area contributed by atoms with Gasteiger partial charge in [-0.3, -0.25) is 0 Å². The molecular weight excluding hydrogens is 372 g/mol. The molecule has 2 aromatic rings. The summed E-state index contributed by atoms with van der Waals surface area (Å²) < 4.78 is 0. The van der Waals surface area contributed by atoms with Crippen LogP contribution < -0.4 is 0 Å². The summed E-state index contributed by atoms with van der Waals surface area (Å²) in [4.78, 5) is 0. The first-order valence-electron chi connectivity index (χ1n) is 12.9. The molecule has 1 aliphatic carbocycles. The molecule has 0 aliphatic heterocycles. The van der Waals surface area contributed by atoms with Gasteiger partial charge in [0, 0.05) is 11.5 Å². The molecule has 1 atom stereocenters. The van der Waals surface area contributed by atoms with Crippen LogP contribution in [0.4, 0.5) is 0 Å². The standard InChI is InChI=1S/C31H42/c1-4-7-12-29(11-6-3)31-14-9-8-13-30(31)24-19-26-17-22-28(23-18-26)27-20-15-25(10-5-2)16-21-27/h8-9,13-16,20-21,26,28-29H,4-7,10-12,17-18,22-23H2,1-3H3. The molecule has 2 aromatic carbocycles. The van der Waals surface area contributed by atoms with Crippen molar-refractivity contribution in [3.8, 4) is 11.8 Å². The predicted octanol–water partition coefficient (Wildman–Crippen LogP) is 9.04. The Morgan fingerprint density at radius 3 is 2.23 bits per heavy atom. The quantitative estimate of drug-likeness (QED) is 0.359. The lowest BCUT2D eigenvalue weighted by atomic mass is 9.78. The van der Waals surface area contributed by atoms with Crippen LogP contribution in [0.5, 0.6) is 0 Å². The maximum absolute atomic E-state index is 3.68. The minimum Gasteiger partial charge on any atom is -0.0945 e. The van der Waals surface area contributed by atoms with Gasteiger partial charge in [-0.15, -0.1) is 0 Å². The van der Waals surface area contributed by atoms with Crippen molar-refractivity contribution in [3.05, 3.63) is 70.8 Å². The van der Waals surface area contributed by atoms with Gasteiger partial charge in [-0.2, -0.15) is 0 Å². The molecule has 0 nitrogen and oxygen atoms in total. The molecule has 166 valence electrons. The average molecular weight is 415 g/mol. The first-order valence-corrected chi connectivity index (χ1v) is 12.9. The second kappa shape index (κ2) is 12.8. The van der Waals surface area contributed by atoms with Gasteiger partial charge >= 0.3 is 0 Å². The highest BCUT2D eigenvalue weighted by atomic mass is 14.3. The van der Waals surface area contributed by atoms with E-state index in [1.54, 1.807) is 0 Å². The molecule has 0 spiro atoms.